The van der Waals surface area contributed by atoms with E-state index in [2.05, 4.69) is 6.58 Å². The molecule has 1 aliphatic heterocycles. The second kappa shape index (κ2) is 7.13. The number of benzene rings is 2. The molecule has 1 amide bonds. The molecule has 2 aromatic carbocycles. The number of hydrogen-bond acceptors (Lipinski definition) is 5. The van der Waals surface area contributed by atoms with E-state index >= 15 is 0 Å². The normalized spacial score (nSPS) is 15.6. The van der Waals surface area contributed by atoms with Crippen LogP contribution in [0.1, 0.15) is 40.2 Å². The summed E-state index contributed by atoms with van der Waals surface area (Å²) in [6, 6.07) is 9.51. The minimum absolute atomic E-state index is 0.0339. The number of nitrogens with zero attached hydrogens (tertiary/aromatic N) is 1. The monoisotopic (exact) mass is 391 g/mol. The van der Waals surface area contributed by atoms with Gasteiger partial charge >= 0.3 is 0 Å². The van der Waals surface area contributed by atoms with Gasteiger partial charge in [0.25, 0.3) is 5.91 Å². The Morgan fingerprint density at radius 3 is 2.72 bits per heavy atom. The first-order valence-corrected chi connectivity index (χ1v) is 9.41. The Balaban J connectivity index is 1.96. The number of phenols is 1. The fourth-order valence-corrected chi connectivity index (χ4v) is 3.79. The third-order valence-corrected chi connectivity index (χ3v) is 5.05. The second-order valence-electron chi connectivity index (χ2n) is 6.98. The number of aromatic hydroxyl groups is 1. The summed E-state index contributed by atoms with van der Waals surface area (Å²) in [5.74, 6) is -0.0495. The molecule has 0 spiro atoms. The summed E-state index contributed by atoms with van der Waals surface area (Å²) >= 11 is 0. The molecule has 0 unspecified atom stereocenters. The van der Waals surface area contributed by atoms with Gasteiger partial charge < -0.3 is 19.2 Å². The lowest BCUT2D eigenvalue weighted by atomic mass is 9.97. The fraction of sp³-hybridized carbons (Fsp3) is 0.217. The van der Waals surface area contributed by atoms with Gasteiger partial charge in [0.15, 0.2) is 16.9 Å². The SMILES string of the molecule is C=CCN1C(=O)c2oc3ccc(C)cc3c(=O)c2[C@@H]1c1ccc(OCC)c(O)c1. The van der Waals surface area contributed by atoms with E-state index < -0.39 is 6.04 Å². The summed E-state index contributed by atoms with van der Waals surface area (Å²) in [4.78, 5) is 27.9. The second-order valence-corrected chi connectivity index (χ2v) is 6.98. The summed E-state index contributed by atoms with van der Waals surface area (Å²) in [5.41, 5.74) is 1.93. The number of fused-ring (bicyclic) bond motifs is 2. The molecule has 0 fully saturated rings. The smallest absolute Gasteiger partial charge is 0.291 e. The van der Waals surface area contributed by atoms with Gasteiger partial charge in [-0.05, 0) is 43.7 Å². The van der Waals surface area contributed by atoms with Gasteiger partial charge in [-0.2, -0.15) is 0 Å². The van der Waals surface area contributed by atoms with Gasteiger partial charge in [0.2, 0.25) is 5.76 Å². The lowest BCUT2D eigenvalue weighted by molar-refractivity contribution is 0.0748. The largest absolute Gasteiger partial charge is 0.504 e. The minimum Gasteiger partial charge on any atom is -0.504 e. The molecule has 4 rings (SSSR count). The summed E-state index contributed by atoms with van der Waals surface area (Å²) < 4.78 is 11.2. The highest BCUT2D eigenvalue weighted by Gasteiger charge is 2.42. The topological polar surface area (TPSA) is 80.0 Å². The van der Waals surface area contributed by atoms with Crippen molar-refractivity contribution in [1.29, 1.82) is 0 Å². The molecule has 1 aromatic heterocycles. The molecule has 0 saturated carbocycles. The summed E-state index contributed by atoms with van der Waals surface area (Å²) in [7, 11) is 0. The molecule has 1 N–H and O–H groups in total. The Kier molecular flexibility index (Phi) is 4.62. The number of carbonyl (C=O) groups excluding carboxylic acids is 1. The molecular formula is C23H21NO5. The Morgan fingerprint density at radius 2 is 2.03 bits per heavy atom. The number of amides is 1. The maximum atomic E-state index is 13.4. The van der Waals surface area contributed by atoms with E-state index in [1.165, 1.54) is 11.0 Å². The zero-order valence-electron chi connectivity index (χ0n) is 16.3. The highest BCUT2D eigenvalue weighted by Crippen LogP contribution is 2.40. The lowest BCUT2D eigenvalue weighted by Crippen LogP contribution is -2.29. The quantitative estimate of drug-likeness (QED) is 0.667. The van der Waals surface area contributed by atoms with Gasteiger partial charge in [0.1, 0.15) is 5.58 Å². The molecule has 1 atom stereocenters. The van der Waals surface area contributed by atoms with Crippen LogP contribution in [0.25, 0.3) is 11.0 Å². The molecule has 0 bridgehead atoms. The van der Waals surface area contributed by atoms with Crippen LogP contribution in [-0.2, 0) is 0 Å². The van der Waals surface area contributed by atoms with Crippen LogP contribution in [0.2, 0.25) is 0 Å². The van der Waals surface area contributed by atoms with Crippen LogP contribution in [0.4, 0.5) is 0 Å². The molecule has 0 radical (unpaired) electrons. The summed E-state index contributed by atoms with van der Waals surface area (Å²) in [6.07, 6.45) is 1.60. The summed E-state index contributed by atoms with van der Waals surface area (Å²) in [5, 5.41) is 10.8. The van der Waals surface area contributed by atoms with Crippen molar-refractivity contribution in [1.82, 2.24) is 4.90 Å². The molecule has 29 heavy (non-hydrogen) atoms. The molecule has 0 saturated heterocycles. The zero-order chi connectivity index (χ0) is 20.7. The molecular weight excluding hydrogens is 370 g/mol. The van der Waals surface area contributed by atoms with Crippen molar-refractivity contribution in [3.05, 3.63) is 81.7 Å². The third kappa shape index (κ3) is 2.97. The van der Waals surface area contributed by atoms with Crippen molar-refractivity contribution >= 4 is 16.9 Å². The standard InChI is InChI=1S/C23H21NO5/c1-4-10-24-20(14-7-9-18(28-5-2)16(25)12-14)19-21(26)15-11-13(3)6-8-17(15)29-22(19)23(24)27/h4,6-9,11-12,20,25H,1,5,10H2,2-3H3/t20-/m0/s1. The van der Waals surface area contributed by atoms with Crippen LogP contribution < -0.4 is 10.2 Å². The van der Waals surface area contributed by atoms with E-state index in [1.54, 1.807) is 30.3 Å². The molecule has 3 aromatic rings. The van der Waals surface area contributed by atoms with Crippen LogP contribution in [0.5, 0.6) is 11.5 Å². The molecule has 148 valence electrons. The van der Waals surface area contributed by atoms with E-state index in [1.807, 2.05) is 19.9 Å². The fourth-order valence-electron chi connectivity index (χ4n) is 3.79. The van der Waals surface area contributed by atoms with Crippen LogP contribution in [0.3, 0.4) is 0 Å². The number of ether oxygens (including phenoxy) is 1. The van der Waals surface area contributed by atoms with Crippen LogP contribution in [-0.4, -0.2) is 29.1 Å². The van der Waals surface area contributed by atoms with E-state index in [4.69, 9.17) is 9.15 Å². The van der Waals surface area contributed by atoms with Gasteiger partial charge in [-0.25, -0.2) is 0 Å². The number of carbonyl (C=O) groups is 1. The van der Waals surface area contributed by atoms with E-state index in [-0.39, 0.29) is 35.0 Å². The van der Waals surface area contributed by atoms with Crippen LogP contribution in [0.15, 0.2) is 58.3 Å². The first-order chi connectivity index (χ1) is 14.0. The lowest BCUT2D eigenvalue weighted by Gasteiger charge is -2.24. The molecule has 6 nitrogen and oxygen atoms in total. The average Bonchev–Trinajstić information content (AvgIpc) is 2.97. The van der Waals surface area contributed by atoms with Gasteiger partial charge in [0.05, 0.1) is 23.6 Å². The van der Waals surface area contributed by atoms with Gasteiger partial charge in [-0.1, -0.05) is 23.8 Å². The Morgan fingerprint density at radius 1 is 1.24 bits per heavy atom. The van der Waals surface area contributed by atoms with Crippen molar-refractivity contribution in [2.75, 3.05) is 13.2 Å². The Hall–Kier alpha value is -3.54. The minimum atomic E-state index is -0.682. The van der Waals surface area contributed by atoms with Gasteiger partial charge in [0, 0.05) is 6.54 Å². The van der Waals surface area contributed by atoms with Gasteiger partial charge in [-0.3, -0.25) is 9.59 Å². The van der Waals surface area contributed by atoms with E-state index in [0.717, 1.165) is 5.56 Å². The van der Waals surface area contributed by atoms with Crippen LogP contribution >= 0.6 is 0 Å². The Labute approximate surface area is 167 Å². The van der Waals surface area contributed by atoms with E-state index in [9.17, 15) is 14.7 Å². The van der Waals surface area contributed by atoms with Crippen molar-refractivity contribution < 1.29 is 19.1 Å². The van der Waals surface area contributed by atoms with E-state index in [0.29, 0.717) is 28.9 Å². The summed E-state index contributed by atoms with van der Waals surface area (Å²) in [6.45, 7) is 8.08. The molecule has 2 heterocycles. The first-order valence-electron chi connectivity index (χ1n) is 9.41. The predicted molar refractivity (Wildman–Crippen MR) is 110 cm³/mol. The number of phenolic OH excluding ortho intramolecular Hbond substituents is 1. The van der Waals surface area contributed by atoms with Crippen molar-refractivity contribution in [3.8, 4) is 11.5 Å². The first kappa shape index (κ1) is 18.8. The highest BCUT2D eigenvalue weighted by atomic mass is 16.5. The highest BCUT2D eigenvalue weighted by molar-refractivity contribution is 5.99. The van der Waals surface area contributed by atoms with Crippen molar-refractivity contribution in [3.63, 3.8) is 0 Å². The number of hydrogen-bond donors (Lipinski definition) is 1. The maximum Gasteiger partial charge on any atom is 0.291 e. The average molecular weight is 391 g/mol. The third-order valence-electron chi connectivity index (χ3n) is 5.05. The Bertz CT molecular complexity index is 1190. The maximum absolute atomic E-state index is 13.4. The predicted octanol–water partition coefficient (Wildman–Crippen LogP) is 3.94. The molecule has 0 aliphatic carbocycles. The molecule has 1 aliphatic rings. The zero-order valence-corrected chi connectivity index (χ0v) is 16.3. The van der Waals surface area contributed by atoms with Crippen molar-refractivity contribution in [2.24, 2.45) is 0 Å². The molecule has 6 heteroatoms. The van der Waals surface area contributed by atoms with Gasteiger partial charge in [-0.15, -0.1) is 6.58 Å². The number of rotatable bonds is 5. The number of aryl methyl sites for hydroxylation is 1. The van der Waals surface area contributed by atoms with Crippen molar-refractivity contribution in [2.45, 2.75) is 19.9 Å². The van der Waals surface area contributed by atoms with Crippen LogP contribution in [0, 0.1) is 6.92 Å².